The number of benzene rings is 2. The average molecular weight is 353 g/mol. The maximum Gasteiger partial charge on any atom is 0.407 e. The van der Waals surface area contributed by atoms with E-state index in [1.807, 2.05) is 45.0 Å². The Bertz CT molecular complexity index is 760. The number of fused-ring (bicyclic) bond motifs is 3. The number of carbonyl (C=O) groups is 1. The van der Waals surface area contributed by atoms with Gasteiger partial charge in [0.15, 0.2) is 0 Å². The predicted octanol–water partition coefficient (Wildman–Crippen LogP) is 4.32. The summed E-state index contributed by atoms with van der Waals surface area (Å²) < 4.78 is 5.49. The first-order chi connectivity index (χ1) is 12.2. The summed E-state index contributed by atoms with van der Waals surface area (Å²) in [6, 6.07) is 16.5. The molecule has 0 saturated heterocycles. The molecule has 0 saturated carbocycles. The van der Waals surface area contributed by atoms with Crippen LogP contribution in [0.1, 0.15) is 44.7 Å². The second kappa shape index (κ2) is 6.76. The first kappa shape index (κ1) is 18.5. The van der Waals surface area contributed by atoms with Crippen LogP contribution >= 0.6 is 0 Å². The van der Waals surface area contributed by atoms with Crippen molar-refractivity contribution in [2.45, 2.75) is 39.2 Å². The van der Waals surface area contributed by atoms with Gasteiger partial charge in [0.25, 0.3) is 0 Å². The van der Waals surface area contributed by atoms with Crippen LogP contribution in [0.4, 0.5) is 4.79 Å². The molecule has 0 aromatic heterocycles. The van der Waals surface area contributed by atoms with Crippen LogP contribution < -0.4 is 5.32 Å². The van der Waals surface area contributed by atoms with Gasteiger partial charge in [0.1, 0.15) is 6.61 Å². The molecule has 0 heterocycles. The van der Waals surface area contributed by atoms with E-state index in [1.165, 1.54) is 22.3 Å². The number of alkyl carbamates (subject to hydrolysis) is 1. The van der Waals surface area contributed by atoms with Crippen molar-refractivity contribution < 1.29 is 14.6 Å². The van der Waals surface area contributed by atoms with E-state index < -0.39 is 11.7 Å². The minimum Gasteiger partial charge on any atom is -0.449 e. The van der Waals surface area contributed by atoms with Gasteiger partial charge in [-0.1, -0.05) is 69.3 Å². The van der Waals surface area contributed by atoms with Gasteiger partial charge >= 0.3 is 6.09 Å². The molecule has 4 nitrogen and oxygen atoms in total. The fourth-order valence-electron chi connectivity index (χ4n) is 3.16. The summed E-state index contributed by atoms with van der Waals surface area (Å²) in [6.07, 6.45) is -0.503. The molecule has 1 atom stereocenters. The van der Waals surface area contributed by atoms with E-state index in [0.717, 1.165) is 0 Å². The molecule has 0 aliphatic heterocycles. The fourth-order valence-corrected chi connectivity index (χ4v) is 3.16. The molecule has 0 spiro atoms. The van der Waals surface area contributed by atoms with Crippen molar-refractivity contribution >= 4 is 6.09 Å². The second-order valence-corrected chi connectivity index (χ2v) is 8.20. The van der Waals surface area contributed by atoms with Gasteiger partial charge in [0.05, 0.1) is 5.60 Å². The maximum absolute atomic E-state index is 12.2. The summed E-state index contributed by atoms with van der Waals surface area (Å²) >= 11 is 0. The topological polar surface area (TPSA) is 58.6 Å². The Morgan fingerprint density at radius 1 is 1.00 bits per heavy atom. The number of nitrogens with one attached hydrogen (secondary N) is 1. The van der Waals surface area contributed by atoms with Crippen LogP contribution in [0.5, 0.6) is 0 Å². The molecular formula is C22H27NO3. The van der Waals surface area contributed by atoms with Crippen LogP contribution in [0.2, 0.25) is 0 Å². The Labute approximate surface area is 155 Å². The lowest BCUT2D eigenvalue weighted by molar-refractivity contribution is -0.0390. The quantitative estimate of drug-likeness (QED) is 0.860. The molecule has 2 aromatic carbocycles. The van der Waals surface area contributed by atoms with Gasteiger partial charge < -0.3 is 15.2 Å². The third-order valence-electron chi connectivity index (χ3n) is 5.54. The number of hydrogen-bond acceptors (Lipinski definition) is 3. The first-order valence-corrected chi connectivity index (χ1v) is 9.02. The van der Waals surface area contributed by atoms with E-state index in [1.54, 1.807) is 6.92 Å². The van der Waals surface area contributed by atoms with Crippen molar-refractivity contribution in [3.63, 3.8) is 0 Å². The Hall–Kier alpha value is -2.33. The zero-order chi connectivity index (χ0) is 18.9. The van der Waals surface area contributed by atoms with Crippen LogP contribution in [-0.4, -0.2) is 30.0 Å². The van der Waals surface area contributed by atoms with Crippen LogP contribution in [0.3, 0.4) is 0 Å². The Morgan fingerprint density at radius 3 is 2.00 bits per heavy atom. The van der Waals surface area contributed by atoms with Crippen molar-refractivity contribution in [3.8, 4) is 11.1 Å². The standard InChI is InChI=1S/C22H27NO3/c1-21(2,3)22(4,25)14-23-20(24)26-13-19-17-11-7-5-9-15(17)16-10-6-8-12-18(16)19/h5-12,19,25H,13-14H2,1-4H3,(H,23,24). The van der Waals surface area contributed by atoms with Gasteiger partial charge in [-0.25, -0.2) is 4.79 Å². The van der Waals surface area contributed by atoms with Crippen molar-refractivity contribution in [2.24, 2.45) is 5.41 Å². The second-order valence-electron chi connectivity index (χ2n) is 8.20. The van der Waals surface area contributed by atoms with Crippen molar-refractivity contribution in [1.29, 1.82) is 0 Å². The molecule has 3 rings (SSSR count). The molecule has 2 aromatic rings. The van der Waals surface area contributed by atoms with Crippen molar-refractivity contribution in [3.05, 3.63) is 59.7 Å². The SMILES string of the molecule is CC(C)(C)C(C)(O)CNC(=O)OCC1c2ccccc2-c2ccccc21. The summed E-state index contributed by atoms with van der Waals surface area (Å²) in [5, 5.41) is 13.2. The number of aliphatic hydroxyl groups is 1. The highest BCUT2D eigenvalue weighted by Crippen LogP contribution is 2.44. The van der Waals surface area contributed by atoms with Gasteiger partial charge in [-0.05, 0) is 34.6 Å². The number of amides is 1. The Balaban J connectivity index is 1.66. The van der Waals surface area contributed by atoms with Gasteiger partial charge in [0.2, 0.25) is 0 Å². The molecule has 0 radical (unpaired) electrons. The summed E-state index contributed by atoms with van der Waals surface area (Å²) in [6.45, 7) is 7.95. The number of rotatable bonds is 4. The smallest absolute Gasteiger partial charge is 0.407 e. The molecule has 0 bridgehead atoms. The zero-order valence-corrected chi connectivity index (χ0v) is 15.9. The van der Waals surface area contributed by atoms with E-state index in [0.29, 0.717) is 0 Å². The lowest BCUT2D eigenvalue weighted by atomic mass is 9.78. The van der Waals surface area contributed by atoms with E-state index in [4.69, 9.17) is 4.74 Å². The molecular weight excluding hydrogens is 326 g/mol. The third-order valence-corrected chi connectivity index (χ3v) is 5.54. The predicted molar refractivity (Wildman–Crippen MR) is 103 cm³/mol. The Kier molecular flexibility index (Phi) is 4.80. The van der Waals surface area contributed by atoms with Gasteiger partial charge in [-0.3, -0.25) is 0 Å². The van der Waals surface area contributed by atoms with E-state index >= 15 is 0 Å². The first-order valence-electron chi connectivity index (χ1n) is 9.02. The minimum atomic E-state index is -1.02. The number of carbonyl (C=O) groups excluding carboxylic acids is 1. The number of ether oxygens (including phenoxy) is 1. The molecule has 1 aliphatic rings. The molecule has 1 amide bonds. The fraction of sp³-hybridized carbons (Fsp3) is 0.409. The zero-order valence-electron chi connectivity index (χ0n) is 15.9. The molecule has 138 valence electrons. The van der Waals surface area contributed by atoms with Crippen molar-refractivity contribution in [2.75, 3.05) is 13.2 Å². The van der Waals surface area contributed by atoms with Gasteiger partial charge in [0, 0.05) is 12.5 Å². The molecule has 1 unspecified atom stereocenters. The molecule has 1 aliphatic carbocycles. The summed E-state index contributed by atoms with van der Waals surface area (Å²) in [4.78, 5) is 12.2. The normalized spacial score (nSPS) is 15.7. The summed E-state index contributed by atoms with van der Waals surface area (Å²) in [5.74, 6) is 0.0382. The van der Waals surface area contributed by atoms with Crippen LogP contribution in [0.15, 0.2) is 48.5 Å². The maximum atomic E-state index is 12.2. The summed E-state index contributed by atoms with van der Waals surface area (Å²) in [5.41, 5.74) is 3.41. The molecule has 26 heavy (non-hydrogen) atoms. The highest BCUT2D eigenvalue weighted by Gasteiger charge is 2.36. The largest absolute Gasteiger partial charge is 0.449 e. The van der Waals surface area contributed by atoms with Gasteiger partial charge in [-0.15, -0.1) is 0 Å². The molecule has 0 fully saturated rings. The van der Waals surface area contributed by atoms with E-state index in [9.17, 15) is 9.90 Å². The van der Waals surface area contributed by atoms with Gasteiger partial charge in [-0.2, -0.15) is 0 Å². The molecule has 2 N–H and O–H groups in total. The van der Waals surface area contributed by atoms with E-state index in [2.05, 4.69) is 29.6 Å². The monoisotopic (exact) mass is 353 g/mol. The van der Waals surface area contributed by atoms with Crippen LogP contribution in [-0.2, 0) is 4.74 Å². The minimum absolute atomic E-state index is 0.0382. The van der Waals surface area contributed by atoms with Crippen LogP contribution in [0, 0.1) is 5.41 Å². The highest BCUT2D eigenvalue weighted by atomic mass is 16.5. The number of hydrogen-bond donors (Lipinski definition) is 2. The third kappa shape index (κ3) is 3.47. The Morgan fingerprint density at radius 2 is 1.50 bits per heavy atom. The lowest BCUT2D eigenvalue weighted by Gasteiger charge is -2.37. The lowest BCUT2D eigenvalue weighted by Crippen LogP contribution is -2.49. The van der Waals surface area contributed by atoms with E-state index in [-0.39, 0.29) is 24.5 Å². The average Bonchev–Trinajstić information content (AvgIpc) is 2.91. The highest BCUT2D eigenvalue weighted by molar-refractivity contribution is 5.79. The molecule has 4 heteroatoms. The van der Waals surface area contributed by atoms with Crippen molar-refractivity contribution in [1.82, 2.24) is 5.32 Å². The van der Waals surface area contributed by atoms with Crippen LogP contribution in [0.25, 0.3) is 11.1 Å². The summed E-state index contributed by atoms with van der Waals surface area (Å²) in [7, 11) is 0.